The summed E-state index contributed by atoms with van der Waals surface area (Å²) in [6.07, 6.45) is 0. The molecule has 0 bridgehead atoms. The fourth-order valence-corrected chi connectivity index (χ4v) is 1.71. The Morgan fingerprint density at radius 3 is 2.00 bits per heavy atom. The van der Waals surface area contributed by atoms with Crippen LogP contribution in [0.5, 0.6) is 0 Å². The molecule has 2 aromatic carbocycles. The highest BCUT2D eigenvalue weighted by molar-refractivity contribution is 6.14. The molecule has 1 N–H and O–H groups in total. The number of carbonyl (C=O) groups excluding carboxylic acids is 1. The van der Waals surface area contributed by atoms with E-state index in [4.69, 9.17) is 5.11 Å². The largest absolute Gasteiger partial charge is 0.478 e. The number of carboxylic acid groups (broad SMARTS) is 1. The lowest BCUT2D eigenvalue weighted by Gasteiger charge is -2.06. The highest BCUT2D eigenvalue weighted by Crippen LogP contribution is 2.20. The molecule has 0 aliphatic rings. The summed E-state index contributed by atoms with van der Waals surface area (Å²) in [5.41, 5.74) is -1.37. The van der Waals surface area contributed by atoms with Gasteiger partial charge in [0, 0.05) is 5.56 Å². The summed E-state index contributed by atoms with van der Waals surface area (Å²) < 4.78 is 39.5. The highest BCUT2D eigenvalue weighted by atomic mass is 19.2. The quantitative estimate of drug-likeness (QED) is 0.694. The van der Waals surface area contributed by atoms with Gasteiger partial charge in [-0.2, -0.15) is 0 Å². The maximum absolute atomic E-state index is 13.5. The van der Waals surface area contributed by atoms with Crippen LogP contribution in [-0.2, 0) is 0 Å². The van der Waals surface area contributed by atoms with Crippen molar-refractivity contribution >= 4 is 11.8 Å². The SMILES string of the molecule is O=C(O)c1ccccc1C(=O)c1ccc(F)c(F)c1F. The van der Waals surface area contributed by atoms with Gasteiger partial charge in [0.1, 0.15) is 0 Å². The van der Waals surface area contributed by atoms with Crippen LogP contribution < -0.4 is 0 Å². The molecule has 0 amide bonds. The number of carbonyl (C=O) groups is 2. The number of rotatable bonds is 3. The van der Waals surface area contributed by atoms with Gasteiger partial charge in [0.15, 0.2) is 23.2 Å². The van der Waals surface area contributed by atoms with E-state index in [2.05, 4.69) is 0 Å². The number of hydrogen-bond donors (Lipinski definition) is 1. The van der Waals surface area contributed by atoms with Crippen LogP contribution in [0.3, 0.4) is 0 Å². The third-order valence-electron chi connectivity index (χ3n) is 2.68. The van der Waals surface area contributed by atoms with Crippen molar-refractivity contribution in [3.05, 3.63) is 70.5 Å². The normalized spacial score (nSPS) is 10.3. The summed E-state index contributed by atoms with van der Waals surface area (Å²) in [5.74, 6) is -7.25. The maximum Gasteiger partial charge on any atom is 0.336 e. The minimum atomic E-state index is -1.77. The van der Waals surface area contributed by atoms with Crippen LogP contribution >= 0.6 is 0 Å². The lowest BCUT2D eigenvalue weighted by Crippen LogP contribution is -2.12. The van der Waals surface area contributed by atoms with Crippen LogP contribution in [0.2, 0.25) is 0 Å². The second-order valence-corrected chi connectivity index (χ2v) is 3.90. The van der Waals surface area contributed by atoms with Crippen molar-refractivity contribution in [3.8, 4) is 0 Å². The Kier molecular flexibility index (Phi) is 3.56. The van der Waals surface area contributed by atoms with Gasteiger partial charge in [0.25, 0.3) is 0 Å². The molecule has 0 atom stereocenters. The predicted molar refractivity (Wildman–Crippen MR) is 63.1 cm³/mol. The lowest BCUT2D eigenvalue weighted by molar-refractivity contribution is 0.0692. The Hall–Kier alpha value is -2.63. The molecule has 0 radical (unpaired) electrons. The van der Waals surface area contributed by atoms with Crippen molar-refractivity contribution in [2.45, 2.75) is 0 Å². The summed E-state index contributed by atoms with van der Waals surface area (Å²) in [7, 11) is 0. The molecular formula is C14H7F3O3. The summed E-state index contributed by atoms with van der Waals surface area (Å²) in [4.78, 5) is 23.0. The molecule has 2 rings (SSSR count). The van der Waals surface area contributed by atoms with Crippen molar-refractivity contribution in [1.29, 1.82) is 0 Å². The molecule has 0 unspecified atom stereocenters. The summed E-state index contributed by atoms with van der Waals surface area (Å²) >= 11 is 0. The topological polar surface area (TPSA) is 54.4 Å². The van der Waals surface area contributed by atoms with Gasteiger partial charge in [-0.1, -0.05) is 18.2 Å². The molecule has 0 aromatic heterocycles. The third-order valence-corrected chi connectivity index (χ3v) is 2.68. The summed E-state index contributed by atoms with van der Waals surface area (Å²) in [5, 5.41) is 8.95. The standard InChI is InChI=1S/C14H7F3O3/c15-10-6-5-9(11(16)12(10)17)13(18)7-3-1-2-4-8(7)14(19)20/h1-6H,(H,19,20). The van der Waals surface area contributed by atoms with Gasteiger partial charge in [-0.25, -0.2) is 18.0 Å². The number of benzene rings is 2. The first-order valence-electron chi connectivity index (χ1n) is 5.44. The number of halogens is 3. The van der Waals surface area contributed by atoms with E-state index in [0.717, 1.165) is 12.1 Å². The van der Waals surface area contributed by atoms with E-state index in [1.54, 1.807) is 0 Å². The molecule has 20 heavy (non-hydrogen) atoms. The monoisotopic (exact) mass is 280 g/mol. The van der Waals surface area contributed by atoms with Gasteiger partial charge in [0.05, 0.1) is 11.1 Å². The van der Waals surface area contributed by atoms with E-state index in [9.17, 15) is 22.8 Å². The number of ketones is 1. The number of carboxylic acids is 1. The van der Waals surface area contributed by atoms with Crippen molar-refractivity contribution < 1.29 is 27.9 Å². The molecule has 0 saturated heterocycles. The molecule has 0 fully saturated rings. The van der Waals surface area contributed by atoms with Gasteiger partial charge in [0.2, 0.25) is 0 Å². The summed E-state index contributed by atoms with van der Waals surface area (Å²) in [6.45, 7) is 0. The van der Waals surface area contributed by atoms with Crippen LogP contribution in [0, 0.1) is 17.5 Å². The van der Waals surface area contributed by atoms with Gasteiger partial charge in [-0.3, -0.25) is 4.79 Å². The van der Waals surface area contributed by atoms with E-state index >= 15 is 0 Å². The minimum Gasteiger partial charge on any atom is -0.478 e. The van der Waals surface area contributed by atoms with Crippen molar-refractivity contribution in [1.82, 2.24) is 0 Å². The Balaban J connectivity index is 2.58. The second kappa shape index (κ2) is 5.16. The van der Waals surface area contributed by atoms with E-state index in [-0.39, 0.29) is 11.1 Å². The Labute approximate surface area is 111 Å². The fourth-order valence-electron chi connectivity index (χ4n) is 1.71. The third kappa shape index (κ3) is 2.27. The van der Waals surface area contributed by atoms with Crippen molar-refractivity contribution in [2.75, 3.05) is 0 Å². The first-order valence-corrected chi connectivity index (χ1v) is 5.44. The van der Waals surface area contributed by atoms with Crippen LogP contribution in [-0.4, -0.2) is 16.9 Å². The molecular weight excluding hydrogens is 273 g/mol. The molecule has 0 spiro atoms. The Morgan fingerprint density at radius 1 is 0.800 bits per heavy atom. The predicted octanol–water partition coefficient (Wildman–Crippen LogP) is 3.03. The average Bonchev–Trinajstić information content (AvgIpc) is 2.44. The minimum absolute atomic E-state index is 0.301. The zero-order valence-electron chi connectivity index (χ0n) is 9.86. The number of hydrogen-bond acceptors (Lipinski definition) is 2. The molecule has 0 heterocycles. The number of aromatic carboxylic acids is 1. The van der Waals surface area contributed by atoms with Gasteiger partial charge >= 0.3 is 5.97 Å². The van der Waals surface area contributed by atoms with E-state index in [1.165, 1.54) is 18.2 Å². The fraction of sp³-hybridized carbons (Fsp3) is 0. The van der Waals surface area contributed by atoms with Gasteiger partial charge in [-0.05, 0) is 18.2 Å². The van der Waals surface area contributed by atoms with Crippen molar-refractivity contribution in [2.24, 2.45) is 0 Å². The molecule has 0 aliphatic carbocycles. The van der Waals surface area contributed by atoms with Crippen LogP contribution in [0.15, 0.2) is 36.4 Å². The van der Waals surface area contributed by atoms with Crippen molar-refractivity contribution in [3.63, 3.8) is 0 Å². The van der Waals surface area contributed by atoms with Crippen LogP contribution in [0.1, 0.15) is 26.3 Å². The molecule has 0 saturated carbocycles. The molecule has 6 heteroatoms. The van der Waals surface area contributed by atoms with Crippen LogP contribution in [0.4, 0.5) is 13.2 Å². The van der Waals surface area contributed by atoms with E-state index in [0.29, 0.717) is 6.07 Å². The van der Waals surface area contributed by atoms with Crippen LogP contribution in [0.25, 0.3) is 0 Å². The first-order chi connectivity index (χ1) is 9.43. The average molecular weight is 280 g/mol. The van der Waals surface area contributed by atoms with E-state index in [1.807, 2.05) is 0 Å². The summed E-state index contributed by atoms with van der Waals surface area (Å²) in [6, 6.07) is 6.49. The molecule has 102 valence electrons. The zero-order valence-corrected chi connectivity index (χ0v) is 9.86. The second-order valence-electron chi connectivity index (χ2n) is 3.90. The Morgan fingerprint density at radius 2 is 1.40 bits per heavy atom. The Bertz CT molecular complexity index is 711. The van der Waals surface area contributed by atoms with Gasteiger partial charge < -0.3 is 5.11 Å². The molecule has 2 aromatic rings. The highest BCUT2D eigenvalue weighted by Gasteiger charge is 2.23. The lowest BCUT2D eigenvalue weighted by atomic mass is 9.98. The zero-order chi connectivity index (χ0) is 14.9. The van der Waals surface area contributed by atoms with Gasteiger partial charge in [-0.15, -0.1) is 0 Å². The molecule has 0 aliphatic heterocycles. The maximum atomic E-state index is 13.5. The smallest absolute Gasteiger partial charge is 0.336 e. The first kappa shape index (κ1) is 13.8. The molecule has 3 nitrogen and oxygen atoms in total. The van der Waals surface area contributed by atoms with E-state index < -0.39 is 34.8 Å².